The molecule has 2 fully saturated rings. The van der Waals surface area contributed by atoms with Crippen molar-refractivity contribution in [2.45, 2.75) is 32.2 Å². The third-order valence-corrected chi connectivity index (χ3v) is 4.28. The lowest BCUT2D eigenvalue weighted by molar-refractivity contribution is 0.244. The van der Waals surface area contributed by atoms with Crippen LogP contribution in [0.4, 0.5) is 4.39 Å². The van der Waals surface area contributed by atoms with Crippen molar-refractivity contribution >= 4 is 5.84 Å². The highest BCUT2D eigenvalue weighted by Crippen LogP contribution is 2.34. The third kappa shape index (κ3) is 3.94. The Kier molecular flexibility index (Phi) is 4.10. The Morgan fingerprint density at radius 3 is 2.38 bits per heavy atom. The van der Waals surface area contributed by atoms with Gasteiger partial charge in [-0.05, 0) is 55.2 Å². The van der Waals surface area contributed by atoms with E-state index in [0.717, 1.165) is 37.0 Å². The molecule has 0 aliphatic heterocycles. The molecule has 0 amide bonds. The van der Waals surface area contributed by atoms with Gasteiger partial charge in [-0.25, -0.2) is 4.39 Å². The highest BCUT2D eigenvalue weighted by Gasteiger charge is 2.29. The number of amidine groups is 1. The van der Waals surface area contributed by atoms with Gasteiger partial charge in [-0.15, -0.1) is 0 Å². The van der Waals surface area contributed by atoms with Crippen LogP contribution < -0.4 is 5.73 Å². The van der Waals surface area contributed by atoms with Crippen molar-refractivity contribution in [3.05, 3.63) is 35.1 Å². The van der Waals surface area contributed by atoms with Gasteiger partial charge in [0.2, 0.25) is 0 Å². The molecule has 0 saturated heterocycles. The fraction of sp³-hybridized carbons (Fsp3) is 0.562. The van der Waals surface area contributed by atoms with Gasteiger partial charge in [0, 0.05) is 25.2 Å². The topological polar surface area (TPSA) is 61.9 Å². The summed E-state index contributed by atoms with van der Waals surface area (Å²) in [4.78, 5) is 2.44. The van der Waals surface area contributed by atoms with E-state index in [9.17, 15) is 4.39 Å². The van der Waals surface area contributed by atoms with Crippen molar-refractivity contribution in [3.8, 4) is 0 Å². The summed E-state index contributed by atoms with van der Waals surface area (Å²) in [7, 11) is 0. The van der Waals surface area contributed by atoms with Crippen LogP contribution in [0.1, 0.15) is 36.8 Å². The Morgan fingerprint density at radius 2 is 1.86 bits per heavy atom. The van der Waals surface area contributed by atoms with Crippen LogP contribution in [0.5, 0.6) is 0 Å². The first-order valence-electron chi connectivity index (χ1n) is 7.64. The lowest BCUT2D eigenvalue weighted by Gasteiger charge is -2.23. The maximum Gasteiger partial charge on any atom is 0.170 e. The summed E-state index contributed by atoms with van der Waals surface area (Å²) in [5.41, 5.74) is 7.10. The van der Waals surface area contributed by atoms with Crippen LogP contribution >= 0.6 is 0 Å². The van der Waals surface area contributed by atoms with E-state index in [1.165, 1.54) is 37.8 Å². The monoisotopic (exact) mass is 291 g/mol. The fourth-order valence-corrected chi connectivity index (χ4v) is 2.75. The summed E-state index contributed by atoms with van der Waals surface area (Å²) in [6.45, 7) is 2.94. The first-order chi connectivity index (χ1) is 10.2. The van der Waals surface area contributed by atoms with E-state index in [1.807, 2.05) is 0 Å². The Hall–Kier alpha value is -1.62. The van der Waals surface area contributed by atoms with Crippen molar-refractivity contribution in [1.82, 2.24) is 4.90 Å². The second-order valence-corrected chi connectivity index (χ2v) is 6.37. The number of benzene rings is 1. The lowest BCUT2D eigenvalue weighted by atomic mass is 10.1. The molecule has 0 atom stereocenters. The predicted molar refractivity (Wildman–Crippen MR) is 79.6 cm³/mol. The molecule has 2 aliphatic rings. The molecule has 0 radical (unpaired) electrons. The molecule has 3 N–H and O–H groups in total. The van der Waals surface area contributed by atoms with E-state index >= 15 is 0 Å². The maximum atomic E-state index is 13.4. The summed E-state index contributed by atoms with van der Waals surface area (Å²) in [6, 6.07) is 4.53. The Bertz CT molecular complexity index is 524. The standard InChI is InChI=1S/C16H22FN3O/c17-14-6-5-13(15(7-14)16(18)19-21)10-20(8-11-1-2-11)9-12-3-4-12/h5-7,11-12,21H,1-4,8-10H2,(H2,18,19). The quantitative estimate of drug-likeness (QED) is 0.351. The molecule has 21 heavy (non-hydrogen) atoms. The van der Waals surface area contributed by atoms with E-state index in [2.05, 4.69) is 10.1 Å². The minimum absolute atomic E-state index is 0.0257. The van der Waals surface area contributed by atoms with E-state index < -0.39 is 0 Å². The van der Waals surface area contributed by atoms with Gasteiger partial charge in [-0.3, -0.25) is 4.90 Å². The van der Waals surface area contributed by atoms with Gasteiger partial charge < -0.3 is 10.9 Å². The van der Waals surface area contributed by atoms with Gasteiger partial charge in [0.1, 0.15) is 5.82 Å². The van der Waals surface area contributed by atoms with Gasteiger partial charge in [0.25, 0.3) is 0 Å². The lowest BCUT2D eigenvalue weighted by Crippen LogP contribution is -2.29. The molecule has 0 bridgehead atoms. The molecule has 2 aliphatic carbocycles. The molecule has 2 saturated carbocycles. The number of halogens is 1. The molecule has 0 aromatic heterocycles. The van der Waals surface area contributed by atoms with Crippen molar-refractivity contribution < 1.29 is 9.60 Å². The summed E-state index contributed by atoms with van der Waals surface area (Å²) < 4.78 is 13.4. The minimum atomic E-state index is -0.365. The number of nitrogens with two attached hydrogens (primary N) is 1. The van der Waals surface area contributed by atoms with Gasteiger partial charge in [-0.1, -0.05) is 11.2 Å². The first kappa shape index (κ1) is 14.3. The fourth-order valence-electron chi connectivity index (χ4n) is 2.75. The van der Waals surface area contributed by atoms with Crippen LogP contribution in [-0.4, -0.2) is 29.0 Å². The second-order valence-electron chi connectivity index (χ2n) is 6.37. The zero-order valence-electron chi connectivity index (χ0n) is 12.1. The minimum Gasteiger partial charge on any atom is -0.409 e. The molecule has 4 nitrogen and oxygen atoms in total. The number of oxime groups is 1. The van der Waals surface area contributed by atoms with Crippen molar-refractivity contribution in [2.75, 3.05) is 13.1 Å². The Labute approximate surface area is 124 Å². The molecule has 0 spiro atoms. The van der Waals surface area contributed by atoms with Crippen LogP contribution in [0.25, 0.3) is 0 Å². The molecule has 5 heteroatoms. The van der Waals surface area contributed by atoms with Crippen molar-refractivity contribution in [1.29, 1.82) is 0 Å². The summed E-state index contributed by atoms with van der Waals surface area (Å²) >= 11 is 0. The Balaban J connectivity index is 1.76. The predicted octanol–water partition coefficient (Wildman–Crippen LogP) is 2.54. The molecule has 0 unspecified atom stereocenters. The number of hydrogen-bond donors (Lipinski definition) is 2. The zero-order valence-corrected chi connectivity index (χ0v) is 12.1. The molecular formula is C16H22FN3O. The number of rotatable bonds is 7. The molecule has 3 rings (SSSR count). The van der Waals surface area contributed by atoms with Crippen LogP contribution in [0.15, 0.2) is 23.4 Å². The zero-order chi connectivity index (χ0) is 14.8. The molecular weight excluding hydrogens is 269 g/mol. The van der Waals surface area contributed by atoms with E-state index in [1.54, 1.807) is 6.07 Å². The maximum absolute atomic E-state index is 13.4. The highest BCUT2D eigenvalue weighted by molar-refractivity contribution is 5.98. The second kappa shape index (κ2) is 6.02. The molecule has 1 aromatic carbocycles. The first-order valence-corrected chi connectivity index (χ1v) is 7.64. The molecule has 114 valence electrons. The van der Waals surface area contributed by atoms with Crippen molar-refractivity contribution in [3.63, 3.8) is 0 Å². The SMILES string of the molecule is NC(=NO)c1cc(F)ccc1CN(CC1CC1)CC1CC1. The van der Waals surface area contributed by atoms with Crippen LogP contribution in [-0.2, 0) is 6.54 Å². The highest BCUT2D eigenvalue weighted by atomic mass is 19.1. The van der Waals surface area contributed by atoms with Crippen LogP contribution in [0.2, 0.25) is 0 Å². The van der Waals surface area contributed by atoms with E-state index in [4.69, 9.17) is 10.9 Å². The van der Waals surface area contributed by atoms with Gasteiger partial charge in [0.15, 0.2) is 5.84 Å². The number of nitrogens with zero attached hydrogens (tertiary/aromatic N) is 2. The third-order valence-electron chi connectivity index (χ3n) is 4.28. The average Bonchev–Trinajstić information content (AvgIpc) is 3.36. The van der Waals surface area contributed by atoms with Gasteiger partial charge in [-0.2, -0.15) is 0 Å². The molecule has 1 aromatic rings. The summed E-state index contributed by atoms with van der Waals surface area (Å²) in [6.07, 6.45) is 5.27. The van der Waals surface area contributed by atoms with Gasteiger partial charge >= 0.3 is 0 Å². The van der Waals surface area contributed by atoms with Crippen LogP contribution in [0.3, 0.4) is 0 Å². The van der Waals surface area contributed by atoms with Crippen molar-refractivity contribution in [2.24, 2.45) is 22.7 Å². The van der Waals surface area contributed by atoms with E-state index in [-0.39, 0.29) is 11.7 Å². The summed E-state index contributed by atoms with van der Waals surface area (Å²) in [5.74, 6) is 1.24. The van der Waals surface area contributed by atoms with Crippen LogP contribution in [0, 0.1) is 17.7 Å². The average molecular weight is 291 g/mol. The summed E-state index contributed by atoms with van der Waals surface area (Å²) in [5, 5.41) is 11.9. The Morgan fingerprint density at radius 1 is 1.24 bits per heavy atom. The normalized spacial score (nSPS) is 19.2. The number of hydrogen-bond acceptors (Lipinski definition) is 3. The largest absolute Gasteiger partial charge is 0.409 e. The smallest absolute Gasteiger partial charge is 0.170 e. The van der Waals surface area contributed by atoms with Gasteiger partial charge in [0.05, 0.1) is 0 Å². The van der Waals surface area contributed by atoms with E-state index in [0.29, 0.717) is 5.56 Å². The molecule has 0 heterocycles.